The van der Waals surface area contributed by atoms with Crippen molar-refractivity contribution in [3.8, 4) is 17.0 Å². The van der Waals surface area contributed by atoms with Crippen LogP contribution in [-0.4, -0.2) is 67.7 Å². The standard InChI is InChI=1S/C26H25F5N4O5S/c1-39-8-9-40-24-11-17(16-2-7-23(32-13-16)26(29,30)31)10-20(34-24)14-33-25(36)22-12-19(28)15-35(22)41(37,38)21-5-3-18(27)4-6-21/h2-7,10-11,13,19,22H,8-9,12,14-15H2,1H3,(H,33,36)/t19-,22+/m1/s1. The molecule has 1 fully saturated rings. The molecule has 1 aromatic carbocycles. The van der Waals surface area contributed by atoms with Gasteiger partial charge in [0.25, 0.3) is 0 Å². The van der Waals surface area contributed by atoms with Crippen LogP contribution < -0.4 is 10.1 Å². The number of aromatic nitrogens is 2. The first-order valence-electron chi connectivity index (χ1n) is 12.2. The number of hydrogen-bond acceptors (Lipinski definition) is 7. The van der Waals surface area contributed by atoms with Crippen LogP contribution >= 0.6 is 0 Å². The molecule has 3 heterocycles. The summed E-state index contributed by atoms with van der Waals surface area (Å²) in [6.07, 6.45) is -5.56. The van der Waals surface area contributed by atoms with Crippen LogP contribution in [0.1, 0.15) is 17.8 Å². The van der Waals surface area contributed by atoms with E-state index < -0.39 is 52.4 Å². The fourth-order valence-corrected chi connectivity index (χ4v) is 5.78. The number of halogens is 5. The minimum absolute atomic E-state index is 0.0916. The summed E-state index contributed by atoms with van der Waals surface area (Å²) in [5.41, 5.74) is -0.131. The normalized spacial score (nSPS) is 17.9. The summed E-state index contributed by atoms with van der Waals surface area (Å²) >= 11 is 0. The highest BCUT2D eigenvalue weighted by molar-refractivity contribution is 7.89. The predicted molar refractivity (Wildman–Crippen MR) is 135 cm³/mol. The number of rotatable bonds is 10. The molecule has 0 bridgehead atoms. The molecule has 4 rings (SSSR count). The van der Waals surface area contributed by atoms with Crippen molar-refractivity contribution in [1.29, 1.82) is 0 Å². The number of amides is 1. The molecule has 0 unspecified atom stereocenters. The van der Waals surface area contributed by atoms with Gasteiger partial charge in [0.05, 0.1) is 23.7 Å². The average Bonchev–Trinajstić information content (AvgIpc) is 3.34. The Labute approximate surface area is 232 Å². The Balaban J connectivity index is 1.54. The largest absolute Gasteiger partial charge is 0.475 e. The van der Waals surface area contributed by atoms with Gasteiger partial charge in [-0.05, 0) is 42.0 Å². The smallest absolute Gasteiger partial charge is 0.433 e. The molecular formula is C26H25F5N4O5S. The summed E-state index contributed by atoms with van der Waals surface area (Å²) in [4.78, 5) is 20.5. The number of benzene rings is 1. The second-order valence-electron chi connectivity index (χ2n) is 9.05. The Hall–Kier alpha value is -3.69. The predicted octanol–water partition coefficient (Wildman–Crippen LogP) is 3.74. The molecule has 0 aliphatic carbocycles. The molecule has 1 N–H and O–H groups in total. The second kappa shape index (κ2) is 12.4. The molecule has 2 aromatic heterocycles. The molecule has 9 nitrogen and oxygen atoms in total. The summed E-state index contributed by atoms with van der Waals surface area (Å²) in [6, 6.07) is 7.60. The van der Waals surface area contributed by atoms with Gasteiger partial charge in [-0.1, -0.05) is 6.07 Å². The minimum atomic E-state index is -4.61. The molecule has 0 spiro atoms. The van der Waals surface area contributed by atoms with Crippen molar-refractivity contribution in [3.05, 3.63) is 71.9 Å². The van der Waals surface area contributed by atoms with Crippen LogP contribution in [0.5, 0.6) is 5.88 Å². The van der Waals surface area contributed by atoms with Gasteiger partial charge in [0.15, 0.2) is 0 Å². The molecular weight excluding hydrogens is 575 g/mol. The Kier molecular flexibility index (Phi) is 9.19. The molecule has 220 valence electrons. The van der Waals surface area contributed by atoms with Crippen molar-refractivity contribution < 1.29 is 44.6 Å². The Morgan fingerprint density at radius 3 is 2.46 bits per heavy atom. The van der Waals surface area contributed by atoms with E-state index in [9.17, 15) is 35.2 Å². The Morgan fingerprint density at radius 1 is 1.10 bits per heavy atom. The average molecular weight is 601 g/mol. The molecule has 1 aliphatic rings. The van der Waals surface area contributed by atoms with Gasteiger partial charge < -0.3 is 14.8 Å². The van der Waals surface area contributed by atoms with Crippen LogP contribution in [0.15, 0.2) is 59.6 Å². The molecule has 15 heteroatoms. The number of carbonyl (C=O) groups excluding carboxylic acids is 1. The van der Waals surface area contributed by atoms with E-state index >= 15 is 0 Å². The summed E-state index contributed by atoms with van der Waals surface area (Å²) in [5, 5.41) is 2.55. The fourth-order valence-electron chi connectivity index (χ4n) is 4.15. The zero-order valence-electron chi connectivity index (χ0n) is 21.6. The summed E-state index contributed by atoms with van der Waals surface area (Å²) in [6.45, 7) is -0.451. The molecule has 3 aromatic rings. The number of alkyl halides is 4. The fraction of sp³-hybridized carbons (Fsp3) is 0.346. The summed E-state index contributed by atoms with van der Waals surface area (Å²) in [7, 11) is -2.85. The maximum Gasteiger partial charge on any atom is 0.433 e. The SMILES string of the molecule is COCCOc1cc(-c2ccc(C(F)(F)F)nc2)cc(CNC(=O)[C@@H]2C[C@@H](F)CN2S(=O)(=O)c2ccc(F)cc2)n1. The number of ether oxygens (including phenoxy) is 2. The lowest BCUT2D eigenvalue weighted by atomic mass is 10.1. The van der Waals surface area contributed by atoms with Crippen LogP contribution in [0.2, 0.25) is 0 Å². The first-order valence-corrected chi connectivity index (χ1v) is 13.7. The Bertz CT molecular complexity index is 1470. The lowest BCUT2D eigenvalue weighted by Gasteiger charge is -2.23. The number of carbonyl (C=O) groups is 1. The molecule has 0 radical (unpaired) electrons. The van der Waals surface area contributed by atoms with Crippen LogP contribution in [0, 0.1) is 5.82 Å². The van der Waals surface area contributed by atoms with Gasteiger partial charge in [-0.15, -0.1) is 0 Å². The maximum absolute atomic E-state index is 14.3. The molecule has 1 saturated heterocycles. The van der Waals surface area contributed by atoms with Crippen LogP contribution in [0.25, 0.3) is 11.1 Å². The van der Waals surface area contributed by atoms with Crippen molar-refractivity contribution in [2.24, 2.45) is 0 Å². The van der Waals surface area contributed by atoms with Crippen LogP contribution in [0.3, 0.4) is 0 Å². The maximum atomic E-state index is 14.3. The van der Waals surface area contributed by atoms with Gasteiger partial charge in [0, 0.05) is 37.9 Å². The van der Waals surface area contributed by atoms with Crippen molar-refractivity contribution in [1.82, 2.24) is 19.6 Å². The number of pyridine rings is 2. The van der Waals surface area contributed by atoms with E-state index in [4.69, 9.17) is 9.47 Å². The van der Waals surface area contributed by atoms with E-state index in [1.807, 2.05) is 0 Å². The molecule has 0 saturated carbocycles. The zero-order chi connectivity index (χ0) is 29.8. The number of nitrogens with one attached hydrogen (secondary N) is 1. The van der Waals surface area contributed by atoms with Crippen LogP contribution in [-0.2, 0) is 32.3 Å². The summed E-state index contributed by atoms with van der Waals surface area (Å²) < 4.78 is 104. The number of sulfonamides is 1. The van der Waals surface area contributed by atoms with Gasteiger partial charge in [-0.25, -0.2) is 22.2 Å². The van der Waals surface area contributed by atoms with Crippen molar-refractivity contribution in [3.63, 3.8) is 0 Å². The van der Waals surface area contributed by atoms with E-state index in [-0.39, 0.29) is 42.6 Å². The highest BCUT2D eigenvalue weighted by Crippen LogP contribution is 2.31. The third-order valence-corrected chi connectivity index (χ3v) is 8.04. The molecule has 41 heavy (non-hydrogen) atoms. The first-order chi connectivity index (χ1) is 19.4. The monoisotopic (exact) mass is 600 g/mol. The summed E-state index contributed by atoms with van der Waals surface area (Å²) in [5.74, 6) is -1.36. The van der Waals surface area contributed by atoms with E-state index in [0.29, 0.717) is 11.1 Å². The van der Waals surface area contributed by atoms with E-state index in [1.54, 1.807) is 0 Å². The van der Waals surface area contributed by atoms with Crippen molar-refractivity contribution >= 4 is 15.9 Å². The topological polar surface area (TPSA) is 111 Å². The number of nitrogens with zero attached hydrogens (tertiary/aromatic N) is 3. The third kappa shape index (κ3) is 7.34. The van der Waals surface area contributed by atoms with Gasteiger partial charge in [0.2, 0.25) is 21.8 Å². The van der Waals surface area contributed by atoms with Gasteiger partial charge >= 0.3 is 6.18 Å². The van der Waals surface area contributed by atoms with Crippen LogP contribution in [0.4, 0.5) is 22.0 Å². The third-order valence-electron chi connectivity index (χ3n) is 6.15. The second-order valence-corrected chi connectivity index (χ2v) is 10.9. The first kappa shape index (κ1) is 30.3. The highest BCUT2D eigenvalue weighted by Gasteiger charge is 2.44. The lowest BCUT2D eigenvalue weighted by Crippen LogP contribution is -2.45. The zero-order valence-corrected chi connectivity index (χ0v) is 22.4. The molecule has 2 atom stereocenters. The molecule has 1 amide bonds. The van der Waals surface area contributed by atoms with E-state index in [1.165, 1.54) is 25.3 Å². The van der Waals surface area contributed by atoms with E-state index in [0.717, 1.165) is 40.8 Å². The number of methoxy groups -OCH3 is 1. The van der Waals surface area contributed by atoms with Crippen molar-refractivity contribution in [2.45, 2.75) is 36.3 Å². The van der Waals surface area contributed by atoms with E-state index in [2.05, 4.69) is 15.3 Å². The van der Waals surface area contributed by atoms with Crippen molar-refractivity contribution in [2.75, 3.05) is 26.9 Å². The minimum Gasteiger partial charge on any atom is -0.475 e. The lowest BCUT2D eigenvalue weighted by molar-refractivity contribution is -0.141. The number of hydrogen-bond donors (Lipinski definition) is 1. The van der Waals surface area contributed by atoms with Gasteiger partial charge in [-0.2, -0.15) is 17.5 Å². The highest BCUT2D eigenvalue weighted by atomic mass is 32.2. The van der Waals surface area contributed by atoms with Gasteiger partial charge in [0.1, 0.15) is 30.3 Å². The molecule has 1 aliphatic heterocycles. The van der Waals surface area contributed by atoms with Gasteiger partial charge in [-0.3, -0.25) is 9.78 Å². The Morgan fingerprint density at radius 2 is 1.83 bits per heavy atom. The quantitative estimate of drug-likeness (QED) is 0.279.